The van der Waals surface area contributed by atoms with E-state index in [1.807, 2.05) is 0 Å². The van der Waals surface area contributed by atoms with E-state index >= 15 is 0 Å². The zero-order valence-corrected chi connectivity index (χ0v) is 15.6. The van der Waals surface area contributed by atoms with Crippen LogP contribution < -0.4 is 19.5 Å². The van der Waals surface area contributed by atoms with E-state index in [4.69, 9.17) is 30.5 Å². The number of anilines is 1. The fourth-order valence-corrected chi connectivity index (χ4v) is 2.42. The molecule has 0 aliphatic carbocycles. The lowest BCUT2D eigenvalue weighted by atomic mass is 10.1. The van der Waals surface area contributed by atoms with Gasteiger partial charge in [0.1, 0.15) is 11.4 Å². The number of nitrogens with one attached hydrogen (secondary N) is 1. The first kappa shape index (κ1) is 20.3. The summed E-state index contributed by atoms with van der Waals surface area (Å²) in [4.78, 5) is 24.2. The summed E-state index contributed by atoms with van der Waals surface area (Å²) in [5.74, 6) is -1.31. The highest BCUT2D eigenvalue weighted by Crippen LogP contribution is 2.39. The molecule has 27 heavy (non-hydrogen) atoms. The molecule has 0 atom stereocenters. The summed E-state index contributed by atoms with van der Waals surface area (Å²) < 4.78 is 33.7. The molecule has 0 bridgehead atoms. The Balaban J connectivity index is 2.06. The van der Waals surface area contributed by atoms with E-state index in [9.17, 15) is 14.0 Å². The molecule has 0 radical (unpaired) electrons. The van der Waals surface area contributed by atoms with Gasteiger partial charge in [-0.1, -0.05) is 11.6 Å². The summed E-state index contributed by atoms with van der Waals surface area (Å²) in [6.07, 6.45) is 0. The Labute approximate surface area is 159 Å². The van der Waals surface area contributed by atoms with Gasteiger partial charge in [0, 0.05) is 5.69 Å². The van der Waals surface area contributed by atoms with Gasteiger partial charge >= 0.3 is 5.97 Å². The lowest BCUT2D eigenvalue weighted by Gasteiger charge is -2.15. The first-order chi connectivity index (χ1) is 12.9. The maximum atomic E-state index is 13.1. The van der Waals surface area contributed by atoms with Gasteiger partial charge in [0.15, 0.2) is 18.1 Å². The van der Waals surface area contributed by atoms with E-state index in [1.165, 1.54) is 45.6 Å². The lowest BCUT2D eigenvalue weighted by molar-refractivity contribution is -0.119. The number of halogens is 2. The molecule has 0 spiro atoms. The number of amides is 1. The van der Waals surface area contributed by atoms with Crippen molar-refractivity contribution in [1.82, 2.24) is 0 Å². The summed E-state index contributed by atoms with van der Waals surface area (Å²) in [5.41, 5.74) is 0.332. The van der Waals surface area contributed by atoms with Crippen molar-refractivity contribution in [1.29, 1.82) is 0 Å². The van der Waals surface area contributed by atoms with Gasteiger partial charge in [-0.05, 0) is 30.3 Å². The van der Waals surface area contributed by atoms with Gasteiger partial charge < -0.3 is 24.3 Å². The molecular weight excluding hydrogens is 381 g/mol. The largest absolute Gasteiger partial charge is 0.493 e. The first-order valence-electron chi connectivity index (χ1n) is 7.62. The van der Waals surface area contributed by atoms with Gasteiger partial charge in [0.25, 0.3) is 5.91 Å². The molecular formula is C18H17ClFNO6. The molecule has 0 saturated heterocycles. The summed E-state index contributed by atoms with van der Waals surface area (Å²) in [6.45, 7) is -0.564. The Morgan fingerprint density at radius 2 is 1.74 bits per heavy atom. The van der Waals surface area contributed by atoms with Crippen LogP contribution in [0, 0.1) is 5.82 Å². The number of hydrogen-bond acceptors (Lipinski definition) is 6. The molecule has 0 aliphatic heterocycles. The molecule has 2 rings (SSSR count). The number of methoxy groups -OCH3 is 3. The predicted octanol–water partition coefficient (Wildman–Crippen LogP) is 3.30. The molecule has 2 aromatic carbocycles. The second-order valence-electron chi connectivity index (χ2n) is 5.14. The number of hydrogen-bond donors (Lipinski definition) is 1. The summed E-state index contributed by atoms with van der Waals surface area (Å²) in [6, 6.07) is 6.63. The second kappa shape index (κ2) is 9.09. The van der Waals surface area contributed by atoms with Crippen LogP contribution in [0.1, 0.15) is 10.4 Å². The molecule has 9 heteroatoms. The van der Waals surface area contributed by atoms with Crippen LogP contribution in [0.15, 0.2) is 30.3 Å². The van der Waals surface area contributed by atoms with Crippen molar-refractivity contribution < 1.29 is 32.9 Å². The van der Waals surface area contributed by atoms with E-state index in [1.54, 1.807) is 0 Å². The third kappa shape index (κ3) is 4.79. The quantitative estimate of drug-likeness (QED) is 0.722. The van der Waals surface area contributed by atoms with Crippen molar-refractivity contribution in [3.63, 3.8) is 0 Å². The summed E-state index contributed by atoms with van der Waals surface area (Å²) in [7, 11) is 4.21. The van der Waals surface area contributed by atoms with Crippen LogP contribution in [0.2, 0.25) is 5.02 Å². The van der Waals surface area contributed by atoms with E-state index in [2.05, 4.69) is 5.32 Å². The van der Waals surface area contributed by atoms with Crippen LogP contribution in [0.4, 0.5) is 10.1 Å². The molecule has 0 saturated carbocycles. The maximum Gasteiger partial charge on any atom is 0.342 e. The Kier molecular flexibility index (Phi) is 6.84. The van der Waals surface area contributed by atoms with Gasteiger partial charge in [0.2, 0.25) is 5.75 Å². The van der Waals surface area contributed by atoms with Crippen LogP contribution in [0.3, 0.4) is 0 Å². The zero-order valence-electron chi connectivity index (χ0n) is 14.8. The highest BCUT2D eigenvalue weighted by Gasteiger charge is 2.22. The first-order valence-corrected chi connectivity index (χ1v) is 8.00. The number of rotatable bonds is 7. The molecule has 7 nitrogen and oxygen atoms in total. The van der Waals surface area contributed by atoms with Gasteiger partial charge in [-0.15, -0.1) is 0 Å². The standard InChI is InChI=1S/C18H17ClFNO6/c1-24-14-7-5-11(16(25-2)17(14)26-3)18(23)27-9-15(22)21-10-4-6-13(20)12(19)8-10/h4-8H,9H2,1-3H3,(H,21,22). The van der Waals surface area contributed by atoms with Crippen LogP contribution in [0.25, 0.3) is 0 Å². The minimum atomic E-state index is -0.792. The number of esters is 1. The number of carbonyl (C=O) groups excluding carboxylic acids is 2. The third-order valence-electron chi connectivity index (χ3n) is 3.46. The van der Waals surface area contributed by atoms with Gasteiger partial charge in [-0.25, -0.2) is 9.18 Å². The number of carbonyl (C=O) groups is 2. The van der Waals surface area contributed by atoms with Crippen molar-refractivity contribution in [2.45, 2.75) is 0 Å². The molecule has 1 amide bonds. The molecule has 0 aromatic heterocycles. The lowest BCUT2D eigenvalue weighted by Crippen LogP contribution is -2.21. The van der Waals surface area contributed by atoms with Crippen molar-refractivity contribution >= 4 is 29.2 Å². The molecule has 0 heterocycles. The van der Waals surface area contributed by atoms with Crippen LogP contribution in [-0.4, -0.2) is 39.8 Å². The number of benzene rings is 2. The molecule has 2 aromatic rings. The van der Waals surface area contributed by atoms with E-state index in [0.29, 0.717) is 5.75 Å². The van der Waals surface area contributed by atoms with E-state index in [0.717, 1.165) is 6.07 Å². The van der Waals surface area contributed by atoms with Gasteiger partial charge in [0.05, 0.1) is 26.4 Å². The average Bonchev–Trinajstić information content (AvgIpc) is 2.67. The third-order valence-corrected chi connectivity index (χ3v) is 3.75. The van der Waals surface area contributed by atoms with Crippen molar-refractivity contribution in [2.24, 2.45) is 0 Å². The van der Waals surface area contributed by atoms with Crippen molar-refractivity contribution in [2.75, 3.05) is 33.3 Å². The van der Waals surface area contributed by atoms with Crippen molar-refractivity contribution in [3.8, 4) is 17.2 Å². The minimum absolute atomic E-state index is 0.0628. The Morgan fingerprint density at radius 1 is 1.04 bits per heavy atom. The molecule has 1 N–H and O–H groups in total. The molecule has 144 valence electrons. The Hall–Kier alpha value is -3.00. The highest BCUT2D eigenvalue weighted by atomic mass is 35.5. The topological polar surface area (TPSA) is 83.1 Å². The normalized spacial score (nSPS) is 10.1. The highest BCUT2D eigenvalue weighted by molar-refractivity contribution is 6.31. The zero-order chi connectivity index (χ0) is 20.0. The average molecular weight is 398 g/mol. The van der Waals surface area contributed by atoms with Gasteiger partial charge in [-0.2, -0.15) is 0 Å². The monoisotopic (exact) mass is 397 g/mol. The van der Waals surface area contributed by atoms with Crippen LogP contribution in [-0.2, 0) is 9.53 Å². The number of ether oxygens (including phenoxy) is 4. The summed E-state index contributed by atoms with van der Waals surface area (Å²) >= 11 is 5.64. The smallest absolute Gasteiger partial charge is 0.342 e. The van der Waals surface area contributed by atoms with Crippen LogP contribution in [0.5, 0.6) is 17.2 Å². The Morgan fingerprint density at radius 3 is 2.33 bits per heavy atom. The van der Waals surface area contributed by atoms with Crippen molar-refractivity contribution in [3.05, 3.63) is 46.7 Å². The SMILES string of the molecule is COc1ccc(C(=O)OCC(=O)Nc2ccc(F)c(Cl)c2)c(OC)c1OC. The van der Waals surface area contributed by atoms with E-state index < -0.39 is 24.3 Å². The maximum absolute atomic E-state index is 13.1. The van der Waals surface area contributed by atoms with Crippen LogP contribution >= 0.6 is 11.6 Å². The fraction of sp³-hybridized carbons (Fsp3) is 0.222. The second-order valence-corrected chi connectivity index (χ2v) is 5.54. The predicted molar refractivity (Wildman–Crippen MR) is 96.4 cm³/mol. The molecule has 0 unspecified atom stereocenters. The molecule has 0 aliphatic rings. The van der Waals surface area contributed by atoms with E-state index in [-0.39, 0.29) is 27.8 Å². The Bertz CT molecular complexity index is 858. The van der Waals surface area contributed by atoms with Gasteiger partial charge in [-0.3, -0.25) is 4.79 Å². The summed E-state index contributed by atoms with van der Waals surface area (Å²) in [5, 5.41) is 2.30. The fourth-order valence-electron chi connectivity index (χ4n) is 2.24. The minimum Gasteiger partial charge on any atom is -0.493 e. The molecule has 0 fully saturated rings.